The molecule has 0 aliphatic carbocycles. The van der Waals surface area contributed by atoms with E-state index in [1.165, 1.54) is 46.2 Å². The summed E-state index contributed by atoms with van der Waals surface area (Å²) < 4.78 is 39.7. The van der Waals surface area contributed by atoms with Crippen LogP contribution in [0.2, 0.25) is 0 Å². The van der Waals surface area contributed by atoms with E-state index in [1.54, 1.807) is 6.07 Å². The van der Waals surface area contributed by atoms with Gasteiger partial charge in [0.15, 0.2) is 5.78 Å². The van der Waals surface area contributed by atoms with Crippen LogP contribution in [-0.4, -0.2) is 58.4 Å². The van der Waals surface area contributed by atoms with Crippen molar-refractivity contribution in [1.29, 1.82) is 0 Å². The van der Waals surface area contributed by atoms with E-state index in [4.69, 9.17) is 9.47 Å². The number of halogens is 2. The molecule has 0 bridgehead atoms. The maximum Gasteiger partial charge on any atom is 0.410 e. The van der Waals surface area contributed by atoms with Gasteiger partial charge in [0.05, 0.1) is 17.8 Å². The molecule has 1 aliphatic rings. The zero-order valence-corrected chi connectivity index (χ0v) is 24.1. The van der Waals surface area contributed by atoms with E-state index in [2.05, 4.69) is 4.98 Å². The zero-order valence-electron chi connectivity index (χ0n) is 24.1. The average Bonchev–Trinajstić information content (AvgIpc) is 3.45. The summed E-state index contributed by atoms with van der Waals surface area (Å²) in [6.45, 7) is -0.0516. The quantitative estimate of drug-likeness (QED) is 0.202. The van der Waals surface area contributed by atoms with E-state index in [-0.39, 0.29) is 44.1 Å². The van der Waals surface area contributed by atoms with Gasteiger partial charge >= 0.3 is 12.2 Å². The normalized spacial score (nSPS) is 14.8. The fraction of sp³-hybridized carbons (Fsp3) is 0.171. The summed E-state index contributed by atoms with van der Waals surface area (Å²) >= 11 is 0. The number of rotatable bonds is 7. The Morgan fingerprint density at radius 2 is 1.38 bits per heavy atom. The van der Waals surface area contributed by atoms with Crippen molar-refractivity contribution in [3.8, 4) is 11.3 Å². The number of Topliss-reactive ketones (excluding diaryl/α,β-unsaturated/α-hetero) is 1. The minimum atomic E-state index is -1.18. The smallest absolute Gasteiger partial charge is 0.410 e. The SMILES string of the molecule is O=C(c1c(-c2cccc(F)c2)[nH]c2cc(F)ccc12)[C@H]1CN(C(=O)OCc2ccccc2)CCN1C(=O)OCc1ccccc1. The second-order valence-corrected chi connectivity index (χ2v) is 10.7. The number of piperazine rings is 1. The molecule has 0 radical (unpaired) electrons. The molecule has 0 saturated carbocycles. The van der Waals surface area contributed by atoms with E-state index in [0.29, 0.717) is 16.5 Å². The molecular weight excluding hydrogens is 580 g/mol. The number of hydrogen-bond donors (Lipinski definition) is 1. The molecule has 1 atom stereocenters. The van der Waals surface area contributed by atoms with Gasteiger partial charge in [0, 0.05) is 29.6 Å². The molecule has 1 N–H and O–H groups in total. The first-order valence-corrected chi connectivity index (χ1v) is 14.4. The number of hydrogen-bond acceptors (Lipinski definition) is 5. The molecule has 5 aromatic rings. The van der Waals surface area contributed by atoms with Gasteiger partial charge in [-0.15, -0.1) is 0 Å². The zero-order chi connectivity index (χ0) is 31.3. The summed E-state index contributed by atoms with van der Waals surface area (Å²) in [7, 11) is 0. The van der Waals surface area contributed by atoms with E-state index >= 15 is 0 Å². The Labute approximate surface area is 257 Å². The molecule has 8 nitrogen and oxygen atoms in total. The fourth-order valence-electron chi connectivity index (χ4n) is 5.46. The molecule has 4 aromatic carbocycles. The van der Waals surface area contributed by atoms with Crippen molar-refractivity contribution in [2.75, 3.05) is 19.6 Å². The predicted molar refractivity (Wildman–Crippen MR) is 163 cm³/mol. The second kappa shape index (κ2) is 13.0. The maximum atomic E-state index is 14.5. The van der Waals surface area contributed by atoms with E-state index < -0.39 is 35.6 Å². The number of benzene rings is 4. The number of ether oxygens (including phenoxy) is 2. The highest BCUT2D eigenvalue weighted by molar-refractivity contribution is 6.16. The van der Waals surface area contributed by atoms with E-state index in [0.717, 1.165) is 11.1 Å². The number of ketones is 1. The number of aromatic nitrogens is 1. The Balaban J connectivity index is 1.33. The maximum absolute atomic E-state index is 14.5. The molecule has 6 rings (SSSR count). The van der Waals surface area contributed by atoms with Crippen molar-refractivity contribution in [2.45, 2.75) is 19.3 Å². The first-order chi connectivity index (χ1) is 21.9. The van der Waals surface area contributed by atoms with Crippen LogP contribution >= 0.6 is 0 Å². The highest BCUT2D eigenvalue weighted by atomic mass is 19.1. The van der Waals surface area contributed by atoms with Crippen LogP contribution in [0.4, 0.5) is 18.4 Å². The molecule has 1 aromatic heterocycles. The molecule has 228 valence electrons. The highest BCUT2D eigenvalue weighted by Gasteiger charge is 2.40. The van der Waals surface area contributed by atoms with Gasteiger partial charge in [-0.1, -0.05) is 72.8 Å². The van der Waals surface area contributed by atoms with Crippen LogP contribution in [0.15, 0.2) is 103 Å². The number of fused-ring (bicyclic) bond motifs is 1. The van der Waals surface area contributed by atoms with E-state index in [9.17, 15) is 23.2 Å². The molecule has 45 heavy (non-hydrogen) atoms. The number of H-pyrrole nitrogens is 1. The van der Waals surface area contributed by atoms with Crippen LogP contribution in [-0.2, 0) is 22.7 Å². The van der Waals surface area contributed by atoms with Crippen LogP contribution in [0.3, 0.4) is 0 Å². The van der Waals surface area contributed by atoms with Gasteiger partial charge in [-0.3, -0.25) is 9.69 Å². The van der Waals surface area contributed by atoms with Gasteiger partial charge < -0.3 is 19.4 Å². The third-order valence-electron chi connectivity index (χ3n) is 7.71. The minimum absolute atomic E-state index is 0.00323. The fourth-order valence-corrected chi connectivity index (χ4v) is 5.46. The largest absolute Gasteiger partial charge is 0.445 e. The summed E-state index contributed by atoms with van der Waals surface area (Å²) in [5.74, 6) is -1.57. The summed E-state index contributed by atoms with van der Waals surface area (Å²) in [4.78, 5) is 46.9. The Hall–Kier alpha value is -5.51. The molecule has 0 unspecified atom stereocenters. The van der Waals surface area contributed by atoms with Crippen molar-refractivity contribution in [3.63, 3.8) is 0 Å². The standard InChI is InChI=1S/C35H29F2N3O5/c36-26-13-7-12-25(18-26)32-31(28-15-14-27(37)19-29(28)38-32)33(41)30-20-39(34(42)44-21-23-8-3-1-4-9-23)16-17-40(30)35(43)45-22-24-10-5-2-6-11-24/h1-15,18-19,30,38H,16-17,20-22H2/t30-/m1/s1. The van der Waals surface area contributed by atoms with Gasteiger partial charge in [0.2, 0.25) is 0 Å². The number of nitrogens with one attached hydrogen (secondary N) is 1. The van der Waals surface area contributed by atoms with Crippen LogP contribution in [0.1, 0.15) is 21.5 Å². The molecular formula is C35H29F2N3O5. The van der Waals surface area contributed by atoms with E-state index in [1.807, 2.05) is 60.7 Å². The number of carbonyl (C=O) groups excluding carboxylic acids is 3. The van der Waals surface area contributed by atoms with Crippen LogP contribution in [0.25, 0.3) is 22.2 Å². The third kappa shape index (κ3) is 6.54. The number of nitrogens with zero attached hydrogens (tertiary/aromatic N) is 2. The molecule has 2 heterocycles. The summed E-state index contributed by atoms with van der Waals surface area (Å²) in [5, 5.41) is 0.391. The van der Waals surface area contributed by atoms with Gasteiger partial charge in [0.1, 0.15) is 30.9 Å². The Morgan fingerprint density at radius 3 is 2.04 bits per heavy atom. The molecule has 1 fully saturated rings. The van der Waals surface area contributed by atoms with Gasteiger partial charge in [0.25, 0.3) is 0 Å². The average molecular weight is 610 g/mol. The predicted octanol–water partition coefficient (Wildman–Crippen LogP) is 6.96. The van der Waals surface area contributed by atoms with Gasteiger partial charge in [-0.25, -0.2) is 18.4 Å². The first-order valence-electron chi connectivity index (χ1n) is 14.4. The number of aromatic amines is 1. The first kappa shape index (κ1) is 29.6. The van der Waals surface area contributed by atoms with Crippen molar-refractivity contribution in [2.24, 2.45) is 0 Å². The molecule has 1 saturated heterocycles. The molecule has 10 heteroatoms. The number of carbonyl (C=O) groups is 3. The Kier molecular flexibility index (Phi) is 8.54. The van der Waals surface area contributed by atoms with Crippen molar-refractivity contribution in [3.05, 3.63) is 131 Å². The summed E-state index contributed by atoms with van der Waals surface area (Å²) in [6, 6.07) is 26.7. The lowest BCUT2D eigenvalue weighted by atomic mass is 9.95. The summed E-state index contributed by atoms with van der Waals surface area (Å²) in [5.41, 5.74) is 2.66. The third-order valence-corrected chi connectivity index (χ3v) is 7.71. The highest BCUT2D eigenvalue weighted by Crippen LogP contribution is 2.33. The van der Waals surface area contributed by atoms with Gasteiger partial charge in [-0.2, -0.15) is 0 Å². The van der Waals surface area contributed by atoms with Crippen LogP contribution in [0, 0.1) is 11.6 Å². The Bertz CT molecular complexity index is 1840. The Morgan fingerprint density at radius 1 is 0.733 bits per heavy atom. The number of amides is 2. The van der Waals surface area contributed by atoms with Crippen molar-refractivity contribution in [1.82, 2.24) is 14.8 Å². The lowest BCUT2D eigenvalue weighted by molar-refractivity contribution is 0.0310. The topological polar surface area (TPSA) is 91.9 Å². The van der Waals surface area contributed by atoms with Crippen LogP contribution < -0.4 is 0 Å². The lowest BCUT2D eigenvalue weighted by Gasteiger charge is -2.39. The lowest BCUT2D eigenvalue weighted by Crippen LogP contribution is -2.59. The van der Waals surface area contributed by atoms with Crippen molar-refractivity contribution < 1.29 is 32.6 Å². The molecule has 0 spiro atoms. The van der Waals surface area contributed by atoms with Gasteiger partial charge in [-0.05, 0) is 41.5 Å². The minimum Gasteiger partial charge on any atom is -0.445 e. The second-order valence-electron chi connectivity index (χ2n) is 10.7. The molecule has 1 aliphatic heterocycles. The summed E-state index contributed by atoms with van der Waals surface area (Å²) in [6.07, 6.45) is -1.37. The molecule has 2 amide bonds. The van der Waals surface area contributed by atoms with Crippen molar-refractivity contribution >= 4 is 28.9 Å². The monoisotopic (exact) mass is 609 g/mol. The van der Waals surface area contributed by atoms with Crippen LogP contribution in [0.5, 0.6) is 0 Å².